The molecule has 0 radical (unpaired) electrons. The number of carbonyl (C=O) groups excluding carboxylic acids is 1. The monoisotopic (exact) mass is 161 g/mol. The number of ether oxygens (including phenoxy) is 1. The standard InChI is InChI=1S/C8H16O2.H3N/c1-8(2,3)6-5-7(9)10-4;/h5-6H2,1-4H3;1H3. The van der Waals surface area contributed by atoms with E-state index in [1.54, 1.807) is 0 Å². The van der Waals surface area contributed by atoms with Crippen LogP contribution in [0.25, 0.3) is 0 Å². The van der Waals surface area contributed by atoms with Gasteiger partial charge in [0.1, 0.15) is 0 Å². The predicted octanol–water partition coefficient (Wildman–Crippen LogP) is 2.15. The van der Waals surface area contributed by atoms with Crippen LogP contribution in [0.1, 0.15) is 33.6 Å². The van der Waals surface area contributed by atoms with Crippen LogP contribution in [0.4, 0.5) is 0 Å². The Hall–Kier alpha value is -0.570. The van der Waals surface area contributed by atoms with E-state index < -0.39 is 0 Å². The van der Waals surface area contributed by atoms with Gasteiger partial charge in [-0.3, -0.25) is 4.79 Å². The topological polar surface area (TPSA) is 61.3 Å². The Morgan fingerprint density at radius 1 is 1.36 bits per heavy atom. The molecule has 0 aliphatic heterocycles. The van der Waals surface area contributed by atoms with Crippen LogP contribution in [0, 0.1) is 5.41 Å². The minimum atomic E-state index is -0.116. The molecule has 0 rings (SSSR count). The van der Waals surface area contributed by atoms with Crippen LogP contribution in [0.2, 0.25) is 0 Å². The summed E-state index contributed by atoms with van der Waals surface area (Å²) in [5.74, 6) is -0.116. The average Bonchev–Trinajstić information content (AvgIpc) is 1.81. The van der Waals surface area contributed by atoms with Gasteiger partial charge in [0.2, 0.25) is 0 Å². The first-order chi connectivity index (χ1) is 4.45. The van der Waals surface area contributed by atoms with Gasteiger partial charge in [0.15, 0.2) is 0 Å². The minimum absolute atomic E-state index is 0. The van der Waals surface area contributed by atoms with Gasteiger partial charge in [-0.25, -0.2) is 0 Å². The maximum Gasteiger partial charge on any atom is 0.305 e. The maximum absolute atomic E-state index is 10.6. The van der Waals surface area contributed by atoms with Crippen molar-refractivity contribution in [3.05, 3.63) is 0 Å². The quantitative estimate of drug-likeness (QED) is 0.631. The summed E-state index contributed by atoms with van der Waals surface area (Å²) in [4.78, 5) is 10.6. The van der Waals surface area contributed by atoms with E-state index in [4.69, 9.17) is 0 Å². The lowest BCUT2D eigenvalue weighted by Gasteiger charge is -2.16. The van der Waals surface area contributed by atoms with Gasteiger partial charge in [0.25, 0.3) is 0 Å². The Kier molecular flexibility index (Phi) is 6.09. The second-order valence-electron chi connectivity index (χ2n) is 3.64. The summed E-state index contributed by atoms with van der Waals surface area (Å²) in [6, 6.07) is 0. The van der Waals surface area contributed by atoms with Crippen molar-refractivity contribution in [2.24, 2.45) is 5.41 Å². The molecule has 3 N–H and O–H groups in total. The molecule has 0 aromatic carbocycles. The highest BCUT2D eigenvalue weighted by atomic mass is 16.5. The Morgan fingerprint density at radius 3 is 2.09 bits per heavy atom. The highest BCUT2D eigenvalue weighted by molar-refractivity contribution is 5.69. The Morgan fingerprint density at radius 2 is 1.82 bits per heavy atom. The summed E-state index contributed by atoms with van der Waals surface area (Å²) < 4.78 is 4.51. The van der Waals surface area contributed by atoms with Crippen molar-refractivity contribution >= 4 is 5.97 Å². The highest BCUT2D eigenvalue weighted by Gasteiger charge is 2.12. The summed E-state index contributed by atoms with van der Waals surface area (Å²) in [6.07, 6.45) is 1.42. The van der Waals surface area contributed by atoms with Crippen LogP contribution in [0.15, 0.2) is 0 Å². The molecule has 0 amide bonds. The fourth-order valence-corrected chi connectivity index (χ4v) is 0.579. The normalized spacial score (nSPS) is 10.2. The first kappa shape index (κ1) is 13.1. The molecule has 0 bridgehead atoms. The second kappa shape index (κ2) is 5.13. The molecule has 68 valence electrons. The molecule has 0 fully saturated rings. The lowest BCUT2D eigenvalue weighted by molar-refractivity contribution is -0.141. The van der Waals surface area contributed by atoms with E-state index in [-0.39, 0.29) is 17.5 Å². The third-order valence-corrected chi connectivity index (χ3v) is 1.31. The Balaban J connectivity index is 0. The number of methoxy groups -OCH3 is 1. The maximum atomic E-state index is 10.6. The van der Waals surface area contributed by atoms with Gasteiger partial charge in [-0.15, -0.1) is 0 Å². The molecular weight excluding hydrogens is 142 g/mol. The zero-order chi connectivity index (χ0) is 8.20. The molecule has 11 heavy (non-hydrogen) atoms. The molecule has 3 nitrogen and oxygen atoms in total. The zero-order valence-electron chi connectivity index (χ0n) is 7.94. The van der Waals surface area contributed by atoms with E-state index in [9.17, 15) is 4.79 Å². The molecule has 0 spiro atoms. The molecule has 0 aliphatic rings. The fraction of sp³-hybridized carbons (Fsp3) is 0.875. The third kappa shape index (κ3) is 9.43. The minimum Gasteiger partial charge on any atom is -0.469 e. The van der Waals surface area contributed by atoms with E-state index in [0.717, 1.165) is 6.42 Å². The van der Waals surface area contributed by atoms with Crippen molar-refractivity contribution < 1.29 is 9.53 Å². The third-order valence-electron chi connectivity index (χ3n) is 1.31. The molecule has 3 heteroatoms. The first-order valence-electron chi connectivity index (χ1n) is 3.52. The second-order valence-corrected chi connectivity index (χ2v) is 3.64. The summed E-state index contributed by atoms with van der Waals surface area (Å²) in [5.41, 5.74) is 0.230. The van der Waals surface area contributed by atoms with E-state index >= 15 is 0 Å². The SMILES string of the molecule is COC(=O)CCC(C)(C)C.N. The lowest BCUT2D eigenvalue weighted by atomic mass is 9.91. The van der Waals surface area contributed by atoms with Gasteiger partial charge >= 0.3 is 5.97 Å². The van der Waals surface area contributed by atoms with Gasteiger partial charge < -0.3 is 10.9 Å². The lowest BCUT2D eigenvalue weighted by Crippen LogP contribution is -2.09. The summed E-state index contributed by atoms with van der Waals surface area (Å²) in [6.45, 7) is 6.32. The predicted molar refractivity (Wildman–Crippen MR) is 45.7 cm³/mol. The van der Waals surface area contributed by atoms with Crippen molar-refractivity contribution in [3.8, 4) is 0 Å². The molecule has 0 unspecified atom stereocenters. The molecule has 0 saturated heterocycles. The molecular formula is C8H19NO2. The molecule has 0 aromatic rings. The summed E-state index contributed by atoms with van der Waals surface area (Å²) in [5, 5.41) is 0. The van der Waals surface area contributed by atoms with Crippen LogP contribution in [-0.2, 0) is 9.53 Å². The smallest absolute Gasteiger partial charge is 0.305 e. The summed E-state index contributed by atoms with van der Waals surface area (Å²) in [7, 11) is 1.42. The number of hydrogen-bond donors (Lipinski definition) is 1. The van der Waals surface area contributed by atoms with Gasteiger partial charge in [0, 0.05) is 6.42 Å². The van der Waals surface area contributed by atoms with E-state index in [2.05, 4.69) is 25.5 Å². The van der Waals surface area contributed by atoms with Crippen molar-refractivity contribution in [2.45, 2.75) is 33.6 Å². The average molecular weight is 161 g/mol. The van der Waals surface area contributed by atoms with E-state index in [0.29, 0.717) is 6.42 Å². The van der Waals surface area contributed by atoms with E-state index in [1.807, 2.05) is 0 Å². The van der Waals surface area contributed by atoms with Crippen LogP contribution in [-0.4, -0.2) is 13.1 Å². The Bertz CT molecular complexity index is 116. The van der Waals surface area contributed by atoms with Crippen LogP contribution >= 0.6 is 0 Å². The molecule has 0 saturated carbocycles. The number of carbonyl (C=O) groups is 1. The number of esters is 1. The highest BCUT2D eigenvalue weighted by Crippen LogP contribution is 2.20. The van der Waals surface area contributed by atoms with E-state index in [1.165, 1.54) is 7.11 Å². The van der Waals surface area contributed by atoms with Gasteiger partial charge in [-0.1, -0.05) is 20.8 Å². The molecule has 0 aromatic heterocycles. The molecule has 0 aliphatic carbocycles. The molecule has 0 heterocycles. The molecule has 0 atom stereocenters. The van der Waals surface area contributed by atoms with Gasteiger partial charge in [-0.05, 0) is 11.8 Å². The van der Waals surface area contributed by atoms with Gasteiger partial charge in [0.05, 0.1) is 7.11 Å². The van der Waals surface area contributed by atoms with Crippen LogP contribution in [0.5, 0.6) is 0 Å². The fourth-order valence-electron chi connectivity index (χ4n) is 0.579. The van der Waals surface area contributed by atoms with Crippen LogP contribution in [0.3, 0.4) is 0 Å². The van der Waals surface area contributed by atoms with Gasteiger partial charge in [-0.2, -0.15) is 0 Å². The summed E-state index contributed by atoms with van der Waals surface area (Å²) >= 11 is 0. The number of rotatable bonds is 2. The van der Waals surface area contributed by atoms with Crippen molar-refractivity contribution in [2.75, 3.05) is 7.11 Å². The Labute approximate surface area is 68.7 Å². The van der Waals surface area contributed by atoms with Crippen molar-refractivity contribution in [1.29, 1.82) is 0 Å². The number of hydrogen-bond acceptors (Lipinski definition) is 3. The largest absolute Gasteiger partial charge is 0.469 e. The van der Waals surface area contributed by atoms with Crippen LogP contribution < -0.4 is 6.15 Å². The zero-order valence-corrected chi connectivity index (χ0v) is 7.94. The first-order valence-corrected chi connectivity index (χ1v) is 3.52. The van der Waals surface area contributed by atoms with Crippen molar-refractivity contribution in [3.63, 3.8) is 0 Å². The van der Waals surface area contributed by atoms with Crippen molar-refractivity contribution in [1.82, 2.24) is 6.15 Å².